The minimum Gasteiger partial charge on any atom is -0.293 e. The fourth-order valence-corrected chi connectivity index (χ4v) is 4.52. The van der Waals surface area contributed by atoms with Crippen LogP contribution < -0.4 is 0 Å². The van der Waals surface area contributed by atoms with Gasteiger partial charge in [0.25, 0.3) is 0 Å². The standard InChI is InChI=1S/C14H9BrOS2/c1-8-4-11(16)13(5-8)18-14-7-9-6-10(15)2-3-12(9)17-14/h2-3,5-7H,1,4H2. The number of allylic oxidation sites excluding steroid dienone is 3. The molecule has 2 aromatic rings. The average Bonchev–Trinajstić information content (AvgIpc) is 2.82. The van der Waals surface area contributed by atoms with Crippen molar-refractivity contribution in [3.8, 4) is 0 Å². The van der Waals surface area contributed by atoms with Crippen LogP contribution in [0.5, 0.6) is 0 Å². The van der Waals surface area contributed by atoms with Gasteiger partial charge in [-0.25, -0.2) is 0 Å². The van der Waals surface area contributed by atoms with Crippen LogP contribution in [0.25, 0.3) is 10.1 Å². The molecule has 90 valence electrons. The molecule has 3 rings (SSSR count). The predicted octanol–water partition coefficient (Wildman–Crippen LogP) is 5.17. The van der Waals surface area contributed by atoms with Gasteiger partial charge < -0.3 is 0 Å². The topological polar surface area (TPSA) is 17.1 Å². The Balaban J connectivity index is 1.94. The minimum atomic E-state index is 0.184. The van der Waals surface area contributed by atoms with Gasteiger partial charge in [-0.05, 0) is 41.3 Å². The predicted molar refractivity (Wildman–Crippen MR) is 82.2 cm³/mol. The molecule has 1 heterocycles. The molecular formula is C14H9BrOS2. The lowest BCUT2D eigenvalue weighted by Crippen LogP contribution is -1.90. The molecule has 0 saturated heterocycles. The highest BCUT2D eigenvalue weighted by Gasteiger charge is 2.19. The van der Waals surface area contributed by atoms with Crippen molar-refractivity contribution >= 4 is 54.9 Å². The van der Waals surface area contributed by atoms with E-state index in [0.717, 1.165) is 19.2 Å². The van der Waals surface area contributed by atoms with Gasteiger partial charge in [-0.2, -0.15) is 0 Å². The van der Waals surface area contributed by atoms with Crippen molar-refractivity contribution in [1.82, 2.24) is 0 Å². The van der Waals surface area contributed by atoms with Crippen molar-refractivity contribution in [3.05, 3.63) is 51.9 Å². The van der Waals surface area contributed by atoms with Gasteiger partial charge in [0.1, 0.15) is 0 Å². The number of carbonyl (C=O) groups excluding carboxylic acids is 1. The van der Waals surface area contributed by atoms with E-state index in [1.807, 2.05) is 12.1 Å². The molecule has 0 unspecified atom stereocenters. The summed E-state index contributed by atoms with van der Waals surface area (Å²) in [6, 6.07) is 8.36. The SMILES string of the molecule is C=C1C=C(Sc2cc3cc(Br)ccc3s2)C(=O)C1. The van der Waals surface area contributed by atoms with Crippen LogP contribution in [0.3, 0.4) is 0 Å². The summed E-state index contributed by atoms with van der Waals surface area (Å²) in [5, 5.41) is 1.21. The zero-order chi connectivity index (χ0) is 12.7. The number of hydrogen-bond donors (Lipinski definition) is 0. The molecule has 1 aliphatic carbocycles. The van der Waals surface area contributed by atoms with Gasteiger partial charge in [0.2, 0.25) is 0 Å². The summed E-state index contributed by atoms with van der Waals surface area (Å²) in [4.78, 5) is 12.5. The fraction of sp³-hybridized carbons (Fsp3) is 0.0714. The Labute approximate surface area is 122 Å². The smallest absolute Gasteiger partial charge is 0.173 e. The second kappa shape index (κ2) is 4.68. The Bertz CT molecular complexity index is 697. The summed E-state index contributed by atoms with van der Waals surface area (Å²) in [6.07, 6.45) is 2.37. The summed E-state index contributed by atoms with van der Waals surface area (Å²) in [7, 11) is 0. The van der Waals surface area contributed by atoms with E-state index >= 15 is 0 Å². The third-order valence-corrected chi connectivity index (χ3v) is 5.45. The van der Waals surface area contributed by atoms with Crippen molar-refractivity contribution in [2.45, 2.75) is 10.6 Å². The average molecular weight is 337 g/mol. The second-order valence-corrected chi connectivity index (χ2v) is 7.46. The minimum absolute atomic E-state index is 0.184. The van der Waals surface area contributed by atoms with Crippen LogP contribution in [-0.2, 0) is 4.79 Å². The van der Waals surface area contributed by atoms with Crippen LogP contribution in [-0.4, -0.2) is 5.78 Å². The van der Waals surface area contributed by atoms with Gasteiger partial charge in [0.15, 0.2) is 5.78 Å². The van der Waals surface area contributed by atoms with Crippen LogP contribution >= 0.6 is 39.0 Å². The van der Waals surface area contributed by atoms with Gasteiger partial charge in [0.05, 0.1) is 9.11 Å². The zero-order valence-corrected chi connectivity index (χ0v) is 12.6. The van der Waals surface area contributed by atoms with E-state index in [-0.39, 0.29) is 5.78 Å². The largest absolute Gasteiger partial charge is 0.293 e. The van der Waals surface area contributed by atoms with Crippen molar-refractivity contribution in [2.24, 2.45) is 0 Å². The zero-order valence-electron chi connectivity index (χ0n) is 9.40. The molecular weight excluding hydrogens is 328 g/mol. The van der Waals surface area contributed by atoms with Crippen LogP contribution in [0.4, 0.5) is 0 Å². The van der Waals surface area contributed by atoms with Crippen molar-refractivity contribution in [1.29, 1.82) is 0 Å². The van der Waals surface area contributed by atoms with Crippen LogP contribution in [0.2, 0.25) is 0 Å². The Hall–Kier alpha value is -0.840. The van der Waals surface area contributed by atoms with Gasteiger partial charge in [-0.1, -0.05) is 34.3 Å². The summed E-state index contributed by atoms with van der Waals surface area (Å²) in [6.45, 7) is 3.84. The van der Waals surface area contributed by atoms with E-state index in [1.54, 1.807) is 23.1 Å². The molecule has 0 fully saturated rings. The Morgan fingerprint density at radius 1 is 1.33 bits per heavy atom. The third-order valence-electron chi connectivity index (χ3n) is 2.66. The monoisotopic (exact) mass is 336 g/mol. The fourth-order valence-electron chi connectivity index (χ4n) is 1.85. The molecule has 0 N–H and O–H groups in total. The second-order valence-electron chi connectivity index (χ2n) is 4.12. The Kier molecular flexibility index (Phi) is 3.18. The van der Waals surface area contributed by atoms with Gasteiger partial charge in [0, 0.05) is 15.6 Å². The number of thiophene rings is 1. The number of halogens is 1. The van der Waals surface area contributed by atoms with Crippen LogP contribution in [0.1, 0.15) is 6.42 Å². The quantitative estimate of drug-likeness (QED) is 0.752. The highest BCUT2D eigenvalue weighted by molar-refractivity contribution is 9.10. The normalized spacial score (nSPS) is 15.5. The molecule has 0 atom stereocenters. The molecule has 0 saturated carbocycles. The number of rotatable bonds is 2. The lowest BCUT2D eigenvalue weighted by atomic mass is 10.3. The maximum atomic E-state index is 11.7. The number of thioether (sulfide) groups is 1. The summed E-state index contributed by atoms with van der Waals surface area (Å²) < 4.78 is 3.47. The van der Waals surface area contributed by atoms with Crippen LogP contribution in [0, 0.1) is 0 Å². The first-order valence-electron chi connectivity index (χ1n) is 5.41. The maximum absolute atomic E-state index is 11.7. The molecule has 0 radical (unpaired) electrons. The molecule has 1 nitrogen and oxygen atoms in total. The number of Topliss-reactive ketones (excluding diaryl/α,β-unsaturated/α-hetero) is 1. The first kappa shape index (κ1) is 12.2. The number of benzene rings is 1. The van der Waals surface area contributed by atoms with Crippen molar-refractivity contribution < 1.29 is 4.79 Å². The Morgan fingerprint density at radius 3 is 2.89 bits per heavy atom. The van der Waals surface area contributed by atoms with Crippen molar-refractivity contribution in [2.75, 3.05) is 0 Å². The van der Waals surface area contributed by atoms with Gasteiger partial charge >= 0.3 is 0 Å². The highest BCUT2D eigenvalue weighted by Crippen LogP contribution is 2.40. The first-order chi connectivity index (χ1) is 8.61. The van der Waals surface area contributed by atoms with Crippen LogP contribution in [0.15, 0.2) is 56.1 Å². The highest BCUT2D eigenvalue weighted by atomic mass is 79.9. The molecule has 1 aromatic carbocycles. The summed E-state index contributed by atoms with van der Waals surface area (Å²) in [5.41, 5.74) is 0.909. The van der Waals surface area contributed by atoms with E-state index in [9.17, 15) is 4.79 Å². The molecule has 0 spiro atoms. The van der Waals surface area contributed by atoms with E-state index in [4.69, 9.17) is 0 Å². The summed E-state index contributed by atoms with van der Waals surface area (Å²) in [5.74, 6) is 0.184. The maximum Gasteiger partial charge on any atom is 0.173 e. The summed E-state index contributed by atoms with van der Waals surface area (Å²) >= 11 is 6.73. The molecule has 1 aliphatic rings. The molecule has 0 aliphatic heterocycles. The first-order valence-corrected chi connectivity index (χ1v) is 7.84. The Morgan fingerprint density at radius 2 is 2.17 bits per heavy atom. The molecule has 0 bridgehead atoms. The molecule has 18 heavy (non-hydrogen) atoms. The van der Waals surface area contributed by atoms with E-state index < -0.39 is 0 Å². The third kappa shape index (κ3) is 2.32. The van der Waals surface area contributed by atoms with Gasteiger partial charge in [-0.3, -0.25) is 4.79 Å². The number of fused-ring (bicyclic) bond motifs is 1. The number of hydrogen-bond acceptors (Lipinski definition) is 3. The molecule has 0 amide bonds. The molecule has 1 aromatic heterocycles. The van der Waals surface area contributed by atoms with E-state index in [1.165, 1.54) is 10.1 Å². The van der Waals surface area contributed by atoms with Gasteiger partial charge in [-0.15, -0.1) is 11.3 Å². The van der Waals surface area contributed by atoms with E-state index in [2.05, 4.69) is 40.7 Å². The molecule has 4 heteroatoms. The lowest BCUT2D eigenvalue weighted by Gasteiger charge is -1.95. The number of ketones is 1. The van der Waals surface area contributed by atoms with E-state index in [0.29, 0.717) is 6.42 Å². The van der Waals surface area contributed by atoms with Crippen molar-refractivity contribution in [3.63, 3.8) is 0 Å². The number of carbonyl (C=O) groups is 1. The lowest BCUT2D eigenvalue weighted by molar-refractivity contribution is -0.113.